The molecular weight excluding hydrogens is 501 g/mol. The minimum Gasteiger partial charge on any atom is -0.507 e. The van der Waals surface area contributed by atoms with Gasteiger partial charge in [0.1, 0.15) is 29.7 Å². The molecule has 1 saturated heterocycles. The Hall–Kier alpha value is -4.17. The molecule has 1 aliphatic rings. The average Bonchev–Trinajstić information content (AvgIpc) is 3.17. The quantitative estimate of drug-likeness (QED) is 0.208. The van der Waals surface area contributed by atoms with Gasteiger partial charge < -0.3 is 24.2 Å². The van der Waals surface area contributed by atoms with E-state index < -0.39 is 17.7 Å². The van der Waals surface area contributed by atoms with Crippen LogP contribution in [0.25, 0.3) is 5.76 Å². The van der Waals surface area contributed by atoms with Gasteiger partial charge in [0.2, 0.25) is 0 Å². The van der Waals surface area contributed by atoms with Gasteiger partial charge in [0.15, 0.2) is 0 Å². The summed E-state index contributed by atoms with van der Waals surface area (Å²) in [6.45, 7) is 6.27. The predicted octanol–water partition coefficient (Wildman–Crippen LogP) is 5.57. The largest absolute Gasteiger partial charge is 0.507 e. The van der Waals surface area contributed by atoms with Crippen LogP contribution in [0.5, 0.6) is 11.5 Å². The van der Waals surface area contributed by atoms with E-state index in [4.69, 9.17) is 14.2 Å². The minimum absolute atomic E-state index is 0.0104. The number of methoxy groups -OCH3 is 1. The van der Waals surface area contributed by atoms with E-state index in [0.717, 1.165) is 11.1 Å². The lowest BCUT2D eigenvalue weighted by atomic mass is 9.94. The number of carbonyl (C=O) groups is 2. The number of aliphatic hydroxyl groups excluding tert-OH is 1. The summed E-state index contributed by atoms with van der Waals surface area (Å²) in [5.74, 6) is -0.914. The van der Waals surface area contributed by atoms with E-state index in [-0.39, 0.29) is 43.0 Å². The Morgan fingerprint density at radius 2 is 1.79 bits per heavy atom. The van der Waals surface area contributed by atoms with Gasteiger partial charge in [-0.2, -0.15) is 0 Å². The molecule has 1 heterocycles. The number of aryl methyl sites for hydroxylation is 1. The summed E-state index contributed by atoms with van der Waals surface area (Å²) in [7, 11) is 1.51. The standard InChI is InChI=1S/C31H32FNO6/c1-19(2)39-26-13-10-23(16-20(26)3)29(34)27-28(33(14-15-37-4)31(36)30(27)35)22-6-5-7-25(17-22)38-18-21-8-11-24(32)12-9-21/h5-13,16-17,19,28,34H,14-15,18H2,1-4H3/b29-27+. The molecule has 1 aliphatic heterocycles. The molecule has 0 saturated carbocycles. The zero-order chi connectivity index (χ0) is 28.1. The van der Waals surface area contributed by atoms with E-state index in [0.29, 0.717) is 22.6 Å². The summed E-state index contributed by atoms with van der Waals surface area (Å²) >= 11 is 0. The number of benzene rings is 3. The highest BCUT2D eigenvalue weighted by atomic mass is 19.1. The number of Topliss-reactive ketones (excluding diaryl/α,β-unsaturated/α-hetero) is 1. The molecule has 0 radical (unpaired) electrons. The lowest BCUT2D eigenvalue weighted by molar-refractivity contribution is -0.140. The van der Waals surface area contributed by atoms with E-state index in [1.807, 2.05) is 20.8 Å². The lowest BCUT2D eigenvalue weighted by Gasteiger charge is -2.25. The first-order chi connectivity index (χ1) is 18.7. The lowest BCUT2D eigenvalue weighted by Crippen LogP contribution is -2.32. The number of nitrogens with zero attached hydrogens (tertiary/aromatic N) is 1. The van der Waals surface area contributed by atoms with Gasteiger partial charge in [-0.1, -0.05) is 24.3 Å². The smallest absolute Gasteiger partial charge is 0.295 e. The van der Waals surface area contributed by atoms with Crippen LogP contribution in [-0.2, 0) is 20.9 Å². The number of rotatable bonds is 10. The van der Waals surface area contributed by atoms with Crippen LogP contribution in [0.1, 0.15) is 42.1 Å². The molecule has 3 aromatic rings. The molecule has 204 valence electrons. The van der Waals surface area contributed by atoms with Gasteiger partial charge in [-0.15, -0.1) is 0 Å². The van der Waals surface area contributed by atoms with Crippen LogP contribution in [0.4, 0.5) is 4.39 Å². The van der Waals surface area contributed by atoms with Crippen molar-refractivity contribution in [2.45, 2.75) is 39.5 Å². The number of hydrogen-bond donors (Lipinski definition) is 1. The number of carbonyl (C=O) groups excluding carboxylic acids is 2. The van der Waals surface area contributed by atoms with Crippen LogP contribution in [0.15, 0.2) is 72.3 Å². The fourth-order valence-electron chi connectivity index (χ4n) is 4.51. The molecule has 0 aliphatic carbocycles. The first-order valence-corrected chi connectivity index (χ1v) is 12.7. The molecule has 4 rings (SSSR count). The first kappa shape index (κ1) is 27.9. The van der Waals surface area contributed by atoms with Gasteiger partial charge >= 0.3 is 0 Å². The van der Waals surface area contributed by atoms with Crippen molar-refractivity contribution in [2.75, 3.05) is 20.3 Å². The summed E-state index contributed by atoms with van der Waals surface area (Å²) < 4.78 is 30.1. The Balaban J connectivity index is 1.72. The fraction of sp³-hybridized carbons (Fsp3) is 0.290. The SMILES string of the molecule is COCCN1C(=O)C(=O)/C(=C(/O)c2ccc(OC(C)C)c(C)c2)C1c1cccc(OCc2ccc(F)cc2)c1. The van der Waals surface area contributed by atoms with Crippen LogP contribution in [0, 0.1) is 12.7 Å². The molecule has 1 fully saturated rings. The highest BCUT2D eigenvalue weighted by molar-refractivity contribution is 6.46. The van der Waals surface area contributed by atoms with Crippen molar-refractivity contribution in [1.82, 2.24) is 4.90 Å². The predicted molar refractivity (Wildman–Crippen MR) is 145 cm³/mol. The summed E-state index contributed by atoms with van der Waals surface area (Å²) in [4.78, 5) is 27.8. The van der Waals surface area contributed by atoms with Gasteiger partial charge in [-0.3, -0.25) is 9.59 Å². The molecule has 1 amide bonds. The molecule has 0 aromatic heterocycles. The number of amides is 1. The molecule has 1 unspecified atom stereocenters. The maximum Gasteiger partial charge on any atom is 0.295 e. The maximum atomic E-state index is 13.3. The molecule has 0 spiro atoms. The molecule has 3 aromatic carbocycles. The molecule has 7 nitrogen and oxygen atoms in total. The second-order valence-electron chi connectivity index (χ2n) is 9.62. The van der Waals surface area contributed by atoms with E-state index in [2.05, 4.69) is 0 Å². The Labute approximate surface area is 227 Å². The zero-order valence-electron chi connectivity index (χ0n) is 22.4. The average molecular weight is 534 g/mol. The van der Waals surface area contributed by atoms with Crippen LogP contribution in [-0.4, -0.2) is 48.1 Å². The molecule has 1 N–H and O–H groups in total. The van der Waals surface area contributed by atoms with Gasteiger partial charge in [-0.05, 0) is 79.9 Å². The molecule has 39 heavy (non-hydrogen) atoms. The first-order valence-electron chi connectivity index (χ1n) is 12.7. The number of halogens is 1. The zero-order valence-corrected chi connectivity index (χ0v) is 22.4. The molecular formula is C31H32FNO6. The van der Waals surface area contributed by atoms with E-state index in [1.54, 1.807) is 54.6 Å². The Kier molecular flexibility index (Phi) is 8.66. The molecule has 0 bridgehead atoms. The number of ketones is 1. The van der Waals surface area contributed by atoms with Gasteiger partial charge in [-0.25, -0.2) is 4.39 Å². The Bertz CT molecular complexity index is 1380. The maximum absolute atomic E-state index is 13.3. The normalized spacial score (nSPS) is 16.7. The third kappa shape index (κ3) is 6.29. The summed E-state index contributed by atoms with van der Waals surface area (Å²) in [6, 6.07) is 17.3. The van der Waals surface area contributed by atoms with Crippen LogP contribution in [0.2, 0.25) is 0 Å². The van der Waals surface area contributed by atoms with E-state index in [9.17, 15) is 19.1 Å². The highest BCUT2D eigenvalue weighted by Crippen LogP contribution is 2.40. The monoisotopic (exact) mass is 533 g/mol. The third-order valence-corrected chi connectivity index (χ3v) is 6.38. The van der Waals surface area contributed by atoms with Crippen molar-refractivity contribution >= 4 is 17.4 Å². The summed E-state index contributed by atoms with van der Waals surface area (Å²) in [5.41, 5.74) is 2.56. The van der Waals surface area contributed by atoms with Gasteiger partial charge in [0.25, 0.3) is 11.7 Å². The van der Waals surface area contributed by atoms with Crippen molar-refractivity contribution in [3.05, 3.63) is 100 Å². The van der Waals surface area contributed by atoms with Crippen LogP contribution < -0.4 is 9.47 Å². The second kappa shape index (κ2) is 12.1. The third-order valence-electron chi connectivity index (χ3n) is 6.38. The Morgan fingerprint density at radius 3 is 2.46 bits per heavy atom. The molecule has 1 atom stereocenters. The van der Waals surface area contributed by atoms with Crippen molar-refractivity contribution in [1.29, 1.82) is 0 Å². The minimum atomic E-state index is -0.846. The van der Waals surface area contributed by atoms with E-state index in [1.165, 1.54) is 24.1 Å². The van der Waals surface area contributed by atoms with Crippen LogP contribution in [0.3, 0.4) is 0 Å². The number of aliphatic hydroxyl groups is 1. The van der Waals surface area contributed by atoms with Crippen molar-refractivity contribution in [3.8, 4) is 11.5 Å². The Morgan fingerprint density at radius 1 is 1.05 bits per heavy atom. The topological polar surface area (TPSA) is 85.3 Å². The second-order valence-corrected chi connectivity index (χ2v) is 9.62. The van der Waals surface area contributed by atoms with E-state index >= 15 is 0 Å². The number of ether oxygens (including phenoxy) is 3. The van der Waals surface area contributed by atoms with Crippen LogP contribution >= 0.6 is 0 Å². The molecule has 8 heteroatoms. The van der Waals surface area contributed by atoms with Gasteiger partial charge in [0.05, 0.1) is 24.3 Å². The summed E-state index contributed by atoms with van der Waals surface area (Å²) in [6.07, 6.45) is -0.0215. The fourth-order valence-corrected chi connectivity index (χ4v) is 4.51. The van der Waals surface area contributed by atoms with Gasteiger partial charge in [0, 0.05) is 19.2 Å². The van der Waals surface area contributed by atoms with Crippen molar-refractivity contribution in [2.24, 2.45) is 0 Å². The highest BCUT2D eigenvalue weighted by Gasteiger charge is 2.46. The van der Waals surface area contributed by atoms with Crippen molar-refractivity contribution in [3.63, 3.8) is 0 Å². The summed E-state index contributed by atoms with van der Waals surface area (Å²) in [5, 5.41) is 11.4. The van der Waals surface area contributed by atoms with Crippen molar-refractivity contribution < 1.29 is 33.3 Å². The number of likely N-dealkylation sites (tertiary alicyclic amines) is 1. The number of hydrogen-bond acceptors (Lipinski definition) is 6.